The van der Waals surface area contributed by atoms with Gasteiger partial charge in [0.25, 0.3) is 0 Å². The molecule has 0 amide bonds. The molecule has 5 heteroatoms. The number of halogens is 1. The maximum Gasteiger partial charge on any atom is 0.138 e. The largest absolute Gasteiger partial charge is 0.389 e. The van der Waals surface area contributed by atoms with Crippen molar-refractivity contribution in [2.75, 3.05) is 0 Å². The Kier molecular flexibility index (Phi) is 2.83. The first-order valence-corrected chi connectivity index (χ1v) is 5.30. The first-order chi connectivity index (χ1) is 7.18. The smallest absolute Gasteiger partial charge is 0.138 e. The van der Waals surface area contributed by atoms with Crippen LogP contribution in [0.5, 0.6) is 0 Å². The molecule has 78 valence electrons. The van der Waals surface area contributed by atoms with Gasteiger partial charge in [-0.25, -0.2) is 9.67 Å². The Labute approximate surface area is 95.7 Å². The normalized spacial score (nSPS) is 12.7. The van der Waals surface area contributed by atoms with Crippen LogP contribution in [-0.4, -0.2) is 19.9 Å². The van der Waals surface area contributed by atoms with Crippen LogP contribution in [0.4, 0.5) is 0 Å². The predicted octanol–water partition coefficient (Wildman–Crippen LogP) is 2.08. The molecule has 1 N–H and O–H groups in total. The maximum atomic E-state index is 9.46. The first kappa shape index (κ1) is 10.3. The quantitative estimate of drug-likeness (QED) is 0.907. The molecular weight excluding hydrogens is 258 g/mol. The molecule has 4 nitrogen and oxygen atoms in total. The van der Waals surface area contributed by atoms with Crippen LogP contribution >= 0.6 is 15.9 Å². The van der Waals surface area contributed by atoms with E-state index in [1.54, 1.807) is 17.9 Å². The van der Waals surface area contributed by atoms with Crippen molar-refractivity contribution < 1.29 is 5.11 Å². The van der Waals surface area contributed by atoms with Crippen LogP contribution in [0.2, 0.25) is 0 Å². The fourth-order valence-electron chi connectivity index (χ4n) is 1.34. The molecule has 1 aromatic heterocycles. The van der Waals surface area contributed by atoms with Gasteiger partial charge in [-0.3, -0.25) is 0 Å². The van der Waals surface area contributed by atoms with Gasteiger partial charge in [-0.1, -0.05) is 22.0 Å². The van der Waals surface area contributed by atoms with E-state index >= 15 is 0 Å². The standard InChI is InChI=1S/C10H10BrN3O/c1-7(15)9-3-2-8(4-10(9)11)14-6-12-5-13-14/h2-7,15H,1H3. The van der Waals surface area contributed by atoms with E-state index in [-0.39, 0.29) is 0 Å². The van der Waals surface area contributed by atoms with Gasteiger partial charge in [0.2, 0.25) is 0 Å². The molecule has 2 rings (SSSR count). The molecule has 1 heterocycles. The summed E-state index contributed by atoms with van der Waals surface area (Å²) < 4.78 is 2.53. The third-order valence-corrected chi connectivity index (χ3v) is 2.80. The van der Waals surface area contributed by atoms with Crippen molar-refractivity contribution in [3.05, 3.63) is 40.9 Å². The van der Waals surface area contributed by atoms with E-state index in [1.165, 1.54) is 6.33 Å². The first-order valence-electron chi connectivity index (χ1n) is 4.51. The SMILES string of the molecule is CC(O)c1ccc(-n2cncn2)cc1Br. The fourth-order valence-corrected chi connectivity index (χ4v) is 2.04. The molecule has 1 atom stereocenters. The zero-order valence-corrected chi connectivity index (χ0v) is 9.72. The number of nitrogens with zero attached hydrogens (tertiary/aromatic N) is 3. The summed E-state index contributed by atoms with van der Waals surface area (Å²) in [6.07, 6.45) is 2.63. The molecule has 15 heavy (non-hydrogen) atoms. The Morgan fingerprint density at radius 1 is 1.47 bits per heavy atom. The lowest BCUT2D eigenvalue weighted by Gasteiger charge is -2.09. The number of aliphatic hydroxyl groups excluding tert-OH is 1. The van der Waals surface area contributed by atoms with Crippen LogP contribution in [0.1, 0.15) is 18.6 Å². The highest BCUT2D eigenvalue weighted by Gasteiger charge is 2.07. The van der Waals surface area contributed by atoms with Crippen LogP contribution in [0.3, 0.4) is 0 Å². The van der Waals surface area contributed by atoms with Crippen LogP contribution in [0, 0.1) is 0 Å². The Morgan fingerprint density at radius 2 is 2.27 bits per heavy atom. The highest BCUT2D eigenvalue weighted by molar-refractivity contribution is 9.10. The van der Waals surface area contributed by atoms with Gasteiger partial charge in [-0.15, -0.1) is 0 Å². The molecule has 0 saturated heterocycles. The number of rotatable bonds is 2. The predicted molar refractivity (Wildman–Crippen MR) is 59.7 cm³/mol. The summed E-state index contributed by atoms with van der Waals surface area (Å²) in [7, 11) is 0. The molecule has 0 radical (unpaired) electrons. The van der Waals surface area contributed by atoms with E-state index in [0.717, 1.165) is 15.7 Å². The summed E-state index contributed by atoms with van der Waals surface area (Å²) in [6, 6.07) is 5.66. The average Bonchev–Trinajstić information content (AvgIpc) is 2.69. The zero-order chi connectivity index (χ0) is 10.8. The minimum atomic E-state index is -0.482. The van der Waals surface area contributed by atoms with Crippen molar-refractivity contribution in [1.29, 1.82) is 0 Å². The number of hydrogen-bond acceptors (Lipinski definition) is 3. The van der Waals surface area contributed by atoms with Crippen molar-refractivity contribution in [3.63, 3.8) is 0 Å². The second-order valence-corrected chi connectivity index (χ2v) is 4.08. The minimum Gasteiger partial charge on any atom is -0.389 e. The second kappa shape index (κ2) is 4.12. The summed E-state index contributed by atoms with van der Waals surface area (Å²) in [6.45, 7) is 1.73. The van der Waals surface area contributed by atoms with Gasteiger partial charge < -0.3 is 5.11 Å². The van der Waals surface area contributed by atoms with Gasteiger partial charge in [-0.05, 0) is 24.6 Å². The average molecular weight is 268 g/mol. The summed E-state index contributed by atoms with van der Waals surface area (Å²) >= 11 is 3.41. The Bertz CT molecular complexity index is 454. The summed E-state index contributed by atoms with van der Waals surface area (Å²) in [4.78, 5) is 3.87. The molecule has 0 aliphatic rings. The van der Waals surface area contributed by atoms with Crippen LogP contribution in [-0.2, 0) is 0 Å². The number of aromatic nitrogens is 3. The highest BCUT2D eigenvalue weighted by Crippen LogP contribution is 2.25. The van der Waals surface area contributed by atoms with Crippen LogP contribution < -0.4 is 0 Å². The topological polar surface area (TPSA) is 50.9 Å². The molecule has 1 aromatic carbocycles. The van der Waals surface area contributed by atoms with E-state index in [0.29, 0.717) is 0 Å². The van der Waals surface area contributed by atoms with E-state index in [4.69, 9.17) is 0 Å². The Balaban J connectivity index is 2.42. The number of benzene rings is 1. The number of hydrogen-bond donors (Lipinski definition) is 1. The molecule has 1 unspecified atom stereocenters. The lowest BCUT2D eigenvalue weighted by molar-refractivity contribution is 0.198. The second-order valence-electron chi connectivity index (χ2n) is 3.22. The summed E-state index contributed by atoms with van der Waals surface area (Å²) in [5.74, 6) is 0. The van der Waals surface area contributed by atoms with E-state index in [1.807, 2.05) is 18.2 Å². The van der Waals surface area contributed by atoms with Crippen LogP contribution in [0.15, 0.2) is 35.3 Å². The van der Waals surface area contributed by atoms with E-state index in [9.17, 15) is 5.11 Å². The molecule has 0 aliphatic carbocycles. The Hall–Kier alpha value is -1.20. The molecule has 0 spiro atoms. The third-order valence-electron chi connectivity index (χ3n) is 2.12. The van der Waals surface area contributed by atoms with Gasteiger partial charge >= 0.3 is 0 Å². The van der Waals surface area contributed by atoms with E-state index in [2.05, 4.69) is 26.0 Å². The van der Waals surface area contributed by atoms with Crippen molar-refractivity contribution in [1.82, 2.24) is 14.8 Å². The Morgan fingerprint density at radius 3 is 2.80 bits per heavy atom. The molecular formula is C10H10BrN3O. The lowest BCUT2D eigenvalue weighted by Crippen LogP contribution is -1.97. The molecule has 0 fully saturated rings. The van der Waals surface area contributed by atoms with Crippen molar-refractivity contribution >= 4 is 15.9 Å². The monoisotopic (exact) mass is 267 g/mol. The van der Waals surface area contributed by atoms with Crippen molar-refractivity contribution in [2.45, 2.75) is 13.0 Å². The molecule has 0 saturated carbocycles. The summed E-state index contributed by atoms with van der Waals surface area (Å²) in [5.41, 5.74) is 1.77. The van der Waals surface area contributed by atoms with Crippen LogP contribution in [0.25, 0.3) is 5.69 Å². The molecule has 0 aliphatic heterocycles. The minimum absolute atomic E-state index is 0.482. The van der Waals surface area contributed by atoms with E-state index < -0.39 is 6.10 Å². The fraction of sp³-hybridized carbons (Fsp3) is 0.200. The highest BCUT2D eigenvalue weighted by atomic mass is 79.9. The van der Waals surface area contributed by atoms with Crippen molar-refractivity contribution in [3.8, 4) is 5.69 Å². The molecule has 0 bridgehead atoms. The zero-order valence-electron chi connectivity index (χ0n) is 8.13. The lowest BCUT2D eigenvalue weighted by atomic mass is 10.1. The van der Waals surface area contributed by atoms with Gasteiger partial charge in [-0.2, -0.15) is 5.10 Å². The van der Waals surface area contributed by atoms with Gasteiger partial charge in [0.05, 0.1) is 11.8 Å². The van der Waals surface area contributed by atoms with Crippen molar-refractivity contribution in [2.24, 2.45) is 0 Å². The van der Waals surface area contributed by atoms with Gasteiger partial charge in [0, 0.05) is 4.47 Å². The summed E-state index contributed by atoms with van der Waals surface area (Å²) in [5, 5.41) is 13.5. The molecule has 2 aromatic rings. The number of aliphatic hydroxyl groups is 1. The van der Waals surface area contributed by atoms with Gasteiger partial charge in [0.15, 0.2) is 0 Å². The maximum absolute atomic E-state index is 9.46. The van der Waals surface area contributed by atoms with Gasteiger partial charge in [0.1, 0.15) is 12.7 Å². The third kappa shape index (κ3) is 2.08.